The van der Waals surface area contributed by atoms with Gasteiger partial charge in [-0.05, 0) is 49.4 Å². The number of rotatable bonds is 2. The molecule has 2 aliphatic carbocycles. The first kappa shape index (κ1) is 10.2. The van der Waals surface area contributed by atoms with Gasteiger partial charge in [0.05, 0.1) is 6.61 Å². The van der Waals surface area contributed by atoms with E-state index in [0.29, 0.717) is 10.8 Å². The molecule has 0 aliphatic heterocycles. The smallest absolute Gasteiger partial charge is 0.0615 e. The molecule has 0 aromatic carbocycles. The molecule has 0 amide bonds. The molecular weight excluding hydrogens is 172 g/mol. The maximum Gasteiger partial charge on any atom is 0.0615 e. The summed E-state index contributed by atoms with van der Waals surface area (Å²) < 4.78 is 0. The highest BCUT2D eigenvalue weighted by Gasteiger charge is 2.54. The Morgan fingerprint density at radius 3 is 2.64 bits per heavy atom. The third-order valence-corrected chi connectivity index (χ3v) is 4.74. The van der Waals surface area contributed by atoms with Crippen LogP contribution in [0.3, 0.4) is 0 Å². The lowest BCUT2D eigenvalue weighted by molar-refractivity contribution is 0.189. The summed E-state index contributed by atoms with van der Waals surface area (Å²) in [4.78, 5) is 0. The van der Waals surface area contributed by atoms with Crippen LogP contribution in [0.2, 0.25) is 0 Å². The third kappa shape index (κ3) is 1.33. The Balaban J connectivity index is 2.24. The van der Waals surface area contributed by atoms with E-state index in [2.05, 4.69) is 20.8 Å². The van der Waals surface area contributed by atoms with Crippen LogP contribution in [-0.2, 0) is 0 Å². The Morgan fingerprint density at radius 1 is 1.50 bits per heavy atom. The van der Waals surface area contributed by atoms with Gasteiger partial charge in [-0.15, -0.1) is 0 Å². The zero-order chi connectivity index (χ0) is 10.4. The average Bonchev–Trinajstić information content (AvgIpc) is 2.59. The van der Waals surface area contributed by atoms with E-state index in [1.807, 2.05) is 6.08 Å². The topological polar surface area (TPSA) is 20.2 Å². The van der Waals surface area contributed by atoms with E-state index in [1.165, 1.54) is 31.3 Å². The van der Waals surface area contributed by atoms with Crippen molar-refractivity contribution in [2.45, 2.75) is 46.5 Å². The van der Waals surface area contributed by atoms with Gasteiger partial charge in [0.25, 0.3) is 0 Å². The van der Waals surface area contributed by atoms with Crippen molar-refractivity contribution in [3.63, 3.8) is 0 Å². The summed E-state index contributed by atoms with van der Waals surface area (Å²) in [5.41, 5.74) is 2.42. The summed E-state index contributed by atoms with van der Waals surface area (Å²) in [6, 6.07) is 0. The van der Waals surface area contributed by atoms with Gasteiger partial charge in [-0.2, -0.15) is 0 Å². The van der Waals surface area contributed by atoms with Gasteiger partial charge in [-0.1, -0.05) is 25.5 Å². The molecule has 2 bridgehead atoms. The zero-order valence-corrected chi connectivity index (χ0v) is 9.64. The van der Waals surface area contributed by atoms with Crippen LogP contribution in [0.25, 0.3) is 0 Å². The minimum atomic E-state index is 0.207. The highest BCUT2D eigenvalue weighted by Crippen LogP contribution is 2.65. The van der Waals surface area contributed by atoms with E-state index in [1.54, 1.807) is 0 Å². The van der Waals surface area contributed by atoms with Crippen LogP contribution in [0.4, 0.5) is 0 Å². The molecule has 14 heavy (non-hydrogen) atoms. The van der Waals surface area contributed by atoms with Gasteiger partial charge in [-0.25, -0.2) is 0 Å². The number of fused-ring (bicyclic) bond motifs is 2. The number of aliphatic hydroxyl groups is 1. The van der Waals surface area contributed by atoms with Crippen molar-refractivity contribution in [2.24, 2.45) is 16.7 Å². The second kappa shape index (κ2) is 3.10. The Hall–Kier alpha value is -0.300. The Kier molecular flexibility index (Phi) is 2.26. The minimum Gasteiger partial charge on any atom is -0.392 e. The summed E-state index contributed by atoms with van der Waals surface area (Å²) >= 11 is 0. The molecule has 2 aliphatic rings. The van der Waals surface area contributed by atoms with Gasteiger partial charge < -0.3 is 5.11 Å². The fourth-order valence-electron chi connectivity index (χ4n) is 3.82. The highest BCUT2D eigenvalue weighted by molar-refractivity contribution is 5.21. The minimum absolute atomic E-state index is 0.207. The molecule has 2 rings (SSSR count). The summed E-state index contributed by atoms with van der Waals surface area (Å²) in [5, 5.41) is 8.97. The molecule has 0 radical (unpaired) electrons. The van der Waals surface area contributed by atoms with Crippen LogP contribution in [0, 0.1) is 16.7 Å². The second-order valence-corrected chi connectivity index (χ2v) is 5.96. The summed E-state index contributed by atoms with van der Waals surface area (Å²) in [6.07, 6.45) is 7.45. The zero-order valence-electron chi connectivity index (χ0n) is 9.64. The molecule has 2 fully saturated rings. The maximum absolute atomic E-state index is 8.97. The predicted molar refractivity (Wildman–Crippen MR) is 59.0 cm³/mol. The van der Waals surface area contributed by atoms with Crippen LogP contribution >= 0.6 is 0 Å². The van der Waals surface area contributed by atoms with E-state index in [9.17, 15) is 0 Å². The van der Waals surface area contributed by atoms with Gasteiger partial charge in [0.2, 0.25) is 0 Å². The summed E-state index contributed by atoms with van der Waals surface area (Å²) in [6.45, 7) is 7.23. The standard InChI is InChI=1S/C13H22O/c1-10(5-7-14)13-6-4-11(8-13)12(2,3)9-13/h5,11,14H,4,6-9H2,1-3H3. The van der Waals surface area contributed by atoms with Crippen molar-refractivity contribution in [1.29, 1.82) is 0 Å². The van der Waals surface area contributed by atoms with Crippen LogP contribution in [0.5, 0.6) is 0 Å². The summed E-state index contributed by atoms with van der Waals surface area (Å²) in [5.74, 6) is 0.921. The van der Waals surface area contributed by atoms with Crippen LogP contribution in [0.1, 0.15) is 46.5 Å². The van der Waals surface area contributed by atoms with Crippen molar-refractivity contribution in [3.05, 3.63) is 11.6 Å². The molecule has 2 atom stereocenters. The van der Waals surface area contributed by atoms with Crippen LogP contribution < -0.4 is 0 Å². The fraction of sp³-hybridized carbons (Fsp3) is 0.846. The lowest BCUT2D eigenvalue weighted by atomic mass is 9.69. The molecule has 2 saturated carbocycles. The Morgan fingerprint density at radius 2 is 2.21 bits per heavy atom. The fourth-order valence-corrected chi connectivity index (χ4v) is 3.82. The van der Waals surface area contributed by atoms with E-state index in [0.717, 1.165) is 5.92 Å². The molecule has 1 N–H and O–H groups in total. The molecule has 0 aromatic heterocycles. The quantitative estimate of drug-likeness (QED) is 0.670. The molecule has 0 spiro atoms. The molecule has 80 valence electrons. The largest absolute Gasteiger partial charge is 0.392 e. The lowest BCUT2D eigenvalue weighted by Gasteiger charge is -2.35. The molecule has 1 heteroatoms. The monoisotopic (exact) mass is 194 g/mol. The third-order valence-electron chi connectivity index (χ3n) is 4.74. The van der Waals surface area contributed by atoms with Crippen molar-refractivity contribution in [2.75, 3.05) is 6.61 Å². The maximum atomic E-state index is 8.97. The van der Waals surface area contributed by atoms with Gasteiger partial charge in [0.1, 0.15) is 0 Å². The molecule has 0 heterocycles. The lowest BCUT2D eigenvalue weighted by Crippen LogP contribution is -2.25. The van der Waals surface area contributed by atoms with E-state index in [-0.39, 0.29) is 6.61 Å². The van der Waals surface area contributed by atoms with Gasteiger partial charge in [0, 0.05) is 0 Å². The second-order valence-electron chi connectivity index (χ2n) is 5.96. The Labute approximate surface area is 87.2 Å². The van der Waals surface area contributed by atoms with E-state index < -0.39 is 0 Å². The van der Waals surface area contributed by atoms with E-state index in [4.69, 9.17) is 5.11 Å². The normalized spacial score (nSPS) is 40.6. The van der Waals surface area contributed by atoms with Crippen molar-refractivity contribution < 1.29 is 5.11 Å². The predicted octanol–water partition coefficient (Wildman–Crippen LogP) is 3.14. The molecule has 1 nitrogen and oxygen atoms in total. The van der Waals surface area contributed by atoms with Gasteiger partial charge in [0.15, 0.2) is 0 Å². The first-order valence-corrected chi connectivity index (χ1v) is 5.78. The molecule has 2 unspecified atom stereocenters. The SMILES string of the molecule is CC(=CCO)C12CCC(C1)C(C)(C)C2. The summed E-state index contributed by atoms with van der Waals surface area (Å²) in [7, 11) is 0. The van der Waals surface area contributed by atoms with Gasteiger partial charge in [-0.3, -0.25) is 0 Å². The van der Waals surface area contributed by atoms with Crippen LogP contribution in [-0.4, -0.2) is 11.7 Å². The van der Waals surface area contributed by atoms with Crippen molar-refractivity contribution in [3.8, 4) is 0 Å². The number of allylic oxidation sites excluding steroid dienone is 1. The Bertz CT molecular complexity index is 264. The average molecular weight is 194 g/mol. The molecule has 0 saturated heterocycles. The van der Waals surface area contributed by atoms with E-state index >= 15 is 0 Å². The van der Waals surface area contributed by atoms with Gasteiger partial charge >= 0.3 is 0 Å². The number of hydrogen-bond donors (Lipinski definition) is 1. The first-order valence-electron chi connectivity index (χ1n) is 5.78. The van der Waals surface area contributed by atoms with Crippen molar-refractivity contribution in [1.82, 2.24) is 0 Å². The molecule has 0 aromatic rings. The number of aliphatic hydroxyl groups excluding tert-OH is 1. The molecular formula is C13H22O. The van der Waals surface area contributed by atoms with Crippen LogP contribution in [0.15, 0.2) is 11.6 Å². The highest BCUT2D eigenvalue weighted by atomic mass is 16.2. The first-order chi connectivity index (χ1) is 6.50. The number of hydrogen-bond acceptors (Lipinski definition) is 1. The van der Waals surface area contributed by atoms with Crippen molar-refractivity contribution >= 4 is 0 Å².